The third kappa shape index (κ3) is 13.8. The van der Waals surface area contributed by atoms with Crippen LogP contribution in [0.5, 0.6) is 0 Å². The molecule has 0 aromatic carbocycles. The van der Waals surface area contributed by atoms with Crippen LogP contribution in [0.3, 0.4) is 0 Å². The van der Waals surface area contributed by atoms with Crippen molar-refractivity contribution >= 4 is 5.97 Å². The van der Waals surface area contributed by atoms with Crippen molar-refractivity contribution in [1.82, 2.24) is 4.90 Å². The first-order valence-electron chi connectivity index (χ1n) is 10.0. The first kappa shape index (κ1) is 23.4. The smallest absolute Gasteiger partial charge is 0.303 e. The Morgan fingerprint density at radius 2 is 1.33 bits per heavy atom. The maximum absolute atomic E-state index is 10.5. The van der Waals surface area contributed by atoms with E-state index in [2.05, 4.69) is 25.9 Å². The molecular weight excluding hydrogens is 302 g/mol. The average molecular weight is 344 g/mol. The van der Waals surface area contributed by atoms with Crippen LogP contribution in [0.1, 0.15) is 96.8 Å². The van der Waals surface area contributed by atoms with Gasteiger partial charge >= 0.3 is 5.97 Å². The van der Waals surface area contributed by atoms with Gasteiger partial charge in [0.1, 0.15) is 0 Å². The average Bonchev–Trinajstić information content (AvgIpc) is 2.52. The Morgan fingerprint density at radius 1 is 0.833 bits per heavy atom. The summed E-state index contributed by atoms with van der Waals surface area (Å²) in [6.07, 6.45) is 14.7. The summed E-state index contributed by atoms with van der Waals surface area (Å²) in [5.74, 6) is -0.700. The van der Waals surface area contributed by atoms with Crippen LogP contribution < -0.4 is 0 Å². The van der Waals surface area contributed by atoms with Crippen LogP contribution in [-0.2, 0) is 4.79 Å². The summed E-state index contributed by atoms with van der Waals surface area (Å²) in [5, 5.41) is 19.1. The van der Waals surface area contributed by atoms with Crippen molar-refractivity contribution in [3.8, 4) is 0 Å². The highest BCUT2D eigenvalue weighted by molar-refractivity contribution is 5.66. The maximum Gasteiger partial charge on any atom is 0.303 e. The quantitative estimate of drug-likeness (QED) is 0.371. The van der Waals surface area contributed by atoms with Crippen molar-refractivity contribution in [2.24, 2.45) is 0 Å². The lowest BCUT2D eigenvalue weighted by Gasteiger charge is -2.29. The molecule has 144 valence electrons. The summed E-state index contributed by atoms with van der Waals surface area (Å²) < 4.78 is 0. The second-order valence-corrected chi connectivity index (χ2v) is 7.35. The summed E-state index contributed by atoms with van der Waals surface area (Å²) in [6.45, 7) is 2.24. The molecule has 2 N–H and O–H groups in total. The maximum atomic E-state index is 10.5. The van der Waals surface area contributed by atoms with Gasteiger partial charge in [-0.2, -0.15) is 0 Å². The number of carboxylic acids is 1. The van der Waals surface area contributed by atoms with Crippen molar-refractivity contribution in [1.29, 1.82) is 0 Å². The molecule has 4 nitrogen and oxygen atoms in total. The van der Waals surface area contributed by atoms with E-state index in [1.165, 1.54) is 38.5 Å². The van der Waals surface area contributed by atoms with Crippen LogP contribution in [0.15, 0.2) is 0 Å². The van der Waals surface area contributed by atoms with Crippen LogP contribution in [0.2, 0.25) is 0 Å². The molecule has 0 heterocycles. The lowest BCUT2D eigenvalue weighted by atomic mass is 9.97. The molecule has 2 unspecified atom stereocenters. The molecule has 0 aliphatic heterocycles. The Balaban J connectivity index is 3.75. The van der Waals surface area contributed by atoms with Gasteiger partial charge in [-0.1, -0.05) is 71.1 Å². The second kappa shape index (κ2) is 15.9. The van der Waals surface area contributed by atoms with E-state index in [4.69, 9.17) is 5.11 Å². The third-order valence-electron chi connectivity index (χ3n) is 4.85. The van der Waals surface area contributed by atoms with E-state index in [0.29, 0.717) is 0 Å². The van der Waals surface area contributed by atoms with Gasteiger partial charge in [0, 0.05) is 12.5 Å². The van der Waals surface area contributed by atoms with E-state index in [1.807, 2.05) is 0 Å². The van der Waals surface area contributed by atoms with Crippen molar-refractivity contribution in [3.05, 3.63) is 0 Å². The van der Waals surface area contributed by atoms with E-state index in [-0.39, 0.29) is 18.6 Å². The van der Waals surface area contributed by atoms with Crippen LogP contribution >= 0.6 is 0 Å². The minimum absolute atomic E-state index is 0.241. The Hall–Kier alpha value is -0.610. The lowest BCUT2D eigenvalue weighted by molar-refractivity contribution is -0.137. The lowest BCUT2D eigenvalue weighted by Crippen LogP contribution is -2.39. The van der Waals surface area contributed by atoms with Gasteiger partial charge < -0.3 is 15.1 Å². The summed E-state index contributed by atoms with van der Waals surface area (Å²) in [7, 11) is 4.13. The summed E-state index contributed by atoms with van der Waals surface area (Å²) in [5.41, 5.74) is 0. The Morgan fingerprint density at radius 3 is 1.88 bits per heavy atom. The standard InChI is InChI=1S/C20H41NO3/c1-4-5-6-7-9-12-15-18(21(2)3)19(22)16-13-10-8-11-14-17-20(23)24/h18-19,22H,4-17H2,1-3H3,(H,23,24). The molecule has 0 aromatic rings. The van der Waals surface area contributed by atoms with E-state index < -0.39 is 5.97 Å². The number of carbonyl (C=O) groups is 1. The monoisotopic (exact) mass is 343 g/mol. The normalized spacial score (nSPS) is 14.0. The predicted octanol–water partition coefficient (Wildman–Crippen LogP) is 4.84. The highest BCUT2D eigenvalue weighted by atomic mass is 16.4. The van der Waals surface area contributed by atoms with E-state index >= 15 is 0 Å². The molecule has 0 amide bonds. The molecule has 0 saturated heterocycles. The van der Waals surface area contributed by atoms with Crippen LogP contribution in [0, 0.1) is 0 Å². The zero-order valence-electron chi connectivity index (χ0n) is 16.3. The number of likely N-dealkylation sites (N-methyl/N-ethyl adjacent to an activating group) is 1. The van der Waals surface area contributed by atoms with Crippen LogP contribution in [0.25, 0.3) is 0 Å². The van der Waals surface area contributed by atoms with E-state index in [1.54, 1.807) is 0 Å². The largest absolute Gasteiger partial charge is 0.481 e. The van der Waals surface area contributed by atoms with Gasteiger partial charge in [0.05, 0.1) is 6.10 Å². The Kier molecular flexibility index (Phi) is 15.5. The molecule has 0 radical (unpaired) electrons. The number of hydrogen-bond acceptors (Lipinski definition) is 3. The predicted molar refractivity (Wildman–Crippen MR) is 101 cm³/mol. The first-order chi connectivity index (χ1) is 11.5. The number of carboxylic acid groups (broad SMARTS) is 1. The minimum atomic E-state index is -0.700. The molecule has 24 heavy (non-hydrogen) atoms. The van der Waals surface area contributed by atoms with Gasteiger partial charge in [-0.15, -0.1) is 0 Å². The Labute approximate surface area is 149 Å². The van der Waals surface area contributed by atoms with Crippen molar-refractivity contribution in [3.63, 3.8) is 0 Å². The van der Waals surface area contributed by atoms with Crippen molar-refractivity contribution in [2.45, 2.75) is 109 Å². The first-order valence-corrected chi connectivity index (χ1v) is 10.0. The third-order valence-corrected chi connectivity index (χ3v) is 4.85. The highest BCUT2D eigenvalue weighted by Gasteiger charge is 2.20. The van der Waals surface area contributed by atoms with E-state index in [9.17, 15) is 9.90 Å². The molecule has 2 atom stereocenters. The number of aliphatic hydroxyl groups is 1. The molecule has 0 rings (SSSR count). The van der Waals surface area contributed by atoms with Gasteiger partial charge in [-0.25, -0.2) is 0 Å². The van der Waals surface area contributed by atoms with Gasteiger partial charge in [-0.05, 0) is 33.4 Å². The zero-order chi connectivity index (χ0) is 18.2. The Bertz CT molecular complexity index is 295. The van der Waals surface area contributed by atoms with Gasteiger partial charge in [-0.3, -0.25) is 4.79 Å². The molecule has 0 aliphatic rings. The molecule has 0 aromatic heterocycles. The SMILES string of the molecule is CCCCCCCCC(C(O)CCCCCCCC(=O)O)N(C)C. The molecule has 0 spiro atoms. The molecular formula is C20H41NO3. The number of aliphatic carboxylic acids is 1. The summed E-state index contributed by atoms with van der Waals surface area (Å²) in [4.78, 5) is 12.6. The van der Waals surface area contributed by atoms with Gasteiger partial charge in [0.2, 0.25) is 0 Å². The number of rotatable bonds is 17. The number of aliphatic hydroxyl groups excluding tert-OH is 1. The molecule has 0 saturated carbocycles. The zero-order valence-corrected chi connectivity index (χ0v) is 16.3. The molecule has 4 heteroatoms. The second-order valence-electron chi connectivity index (χ2n) is 7.35. The fourth-order valence-corrected chi connectivity index (χ4v) is 3.28. The van der Waals surface area contributed by atoms with Crippen molar-refractivity contribution in [2.75, 3.05) is 14.1 Å². The van der Waals surface area contributed by atoms with E-state index in [0.717, 1.165) is 44.9 Å². The fraction of sp³-hybridized carbons (Fsp3) is 0.950. The molecule has 0 aliphatic carbocycles. The summed E-state index contributed by atoms with van der Waals surface area (Å²) in [6, 6.07) is 0.267. The number of hydrogen-bond donors (Lipinski definition) is 2. The molecule has 0 fully saturated rings. The number of nitrogens with zero attached hydrogens (tertiary/aromatic N) is 1. The summed E-state index contributed by atoms with van der Waals surface area (Å²) >= 11 is 0. The van der Waals surface area contributed by atoms with Crippen LogP contribution in [0.4, 0.5) is 0 Å². The van der Waals surface area contributed by atoms with Crippen molar-refractivity contribution < 1.29 is 15.0 Å². The molecule has 0 bridgehead atoms. The number of unbranched alkanes of at least 4 members (excludes halogenated alkanes) is 9. The minimum Gasteiger partial charge on any atom is -0.481 e. The fourth-order valence-electron chi connectivity index (χ4n) is 3.28. The highest BCUT2D eigenvalue weighted by Crippen LogP contribution is 2.18. The van der Waals surface area contributed by atoms with Gasteiger partial charge in [0.15, 0.2) is 0 Å². The van der Waals surface area contributed by atoms with Gasteiger partial charge in [0.25, 0.3) is 0 Å². The topological polar surface area (TPSA) is 60.8 Å². The van der Waals surface area contributed by atoms with Crippen LogP contribution in [-0.4, -0.2) is 47.3 Å².